The van der Waals surface area contributed by atoms with Crippen molar-refractivity contribution < 1.29 is 18.4 Å². The average molecular weight is 272 g/mol. The first-order valence-electron chi connectivity index (χ1n) is 6.20. The highest BCUT2D eigenvalue weighted by Gasteiger charge is 2.39. The smallest absolute Gasteiger partial charge is 0.249 e. The third kappa shape index (κ3) is 3.47. The lowest BCUT2D eigenvalue weighted by Gasteiger charge is -2.15. The van der Waals surface area contributed by atoms with E-state index in [0.29, 0.717) is 17.9 Å². The number of hydrogen-bond donors (Lipinski definition) is 2. The van der Waals surface area contributed by atoms with Gasteiger partial charge in [0.15, 0.2) is 5.75 Å². The number of rotatable bonds is 5. The fourth-order valence-electron chi connectivity index (χ4n) is 2.14. The summed E-state index contributed by atoms with van der Waals surface area (Å²) < 4.78 is 31.2. The van der Waals surface area contributed by atoms with E-state index in [1.165, 1.54) is 0 Å². The lowest BCUT2D eigenvalue weighted by molar-refractivity contribution is 0.00221. The molecule has 1 aliphatic carbocycles. The molecular formula is C13H18F2N2O2. The van der Waals surface area contributed by atoms with Gasteiger partial charge in [-0.25, -0.2) is 8.78 Å². The van der Waals surface area contributed by atoms with Gasteiger partial charge in [0.2, 0.25) is 5.92 Å². The summed E-state index contributed by atoms with van der Waals surface area (Å²) >= 11 is 0. The normalized spacial score (nSPS) is 21.2. The van der Waals surface area contributed by atoms with Gasteiger partial charge in [0.25, 0.3) is 0 Å². The maximum Gasteiger partial charge on any atom is 0.249 e. The molecule has 6 heteroatoms. The van der Waals surface area contributed by atoms with E-state index in [4.69, 9.17) is 9.57 Å². The second-order valence-electron chi connectivity index (χ2n) is 4.63. The van der Waals surface area contributed by atoms with Gasteiger partial charge in [-0.2, -0.15) is 5.48 Å². The van der Waals surface area contributed by atoms with Crippen molar-refractivity contribution in [2.45, 2.75) is 31.2 Å². The van der Waals surface area contributed by atoms with Gasteiger partial charge in [-0.3, -0.25) is 0 Å². The zero-order valence-corrected chi connectivity index (χ0v) is 11.0. The molecule has 19 heavy (non-hydrogen) atoms. The summed E-state index contributed by atoms with van der Waals surface area (Å²) in [4.78, 5) is 5.33. The van der Waals surface area contributed by atoms with Gasteiger partial charge >= 0.3 is 0 Å². The van der Waals surface area contributed by atoms with E-state index >= 15 is 0 Å². The van der Waals surface area contributed by atoms with E-state index in [2.05, 4.69) is 10.8 Å². The monoisotopic (exact) mass is 272 g/mol. The Morgan fingerprint density at radius 1 is 1.37 bits per heavy atom. The van der Waals surface area contributed by atoms with E-state index in [1.807, 2.05) is 0 Å². The number of halogens is 2. The molecule has 2 N–H and O–H groups in total. The van der Waals surface area contributed by atoms with Crippen molar-refractivity contribution in [1.82, 2.24) is 5.48 Å². The Bertz CT molecular complexity index is 441. The van der Waals surface area contributed by atoms with Crippen LogP contribution in [0.2, 0.25) is 0 Å². The largest absolute Gasteiger partial charge is 0.494 e. The van der Waals surface area contributed by atoms with E-state index in [-0.39, 0.29) is 18.9 Å². The van der Waals surface area contributed by atoms with Crippen molar-refractivity contribution in [2.24, 2.45) is 0 Å². The van der Waals surface area contributed by atoms with E-state index < -0.39 is 5.92 Å². The molecule has 1 saturated carbocycles. The fourth-order valence-corrected chi connectivity index (χ4v) is 2.14. The van der Waals surface area contributed by atoms with Gasteiger partial charge in [-0.1, -0.05) is 0 Å². The van der Waals surface area contributed by atoms with E-state index in [0.717, 1.165) is 5.69 Å². The number of methoxy groups -OCH3 is 1. The van der Waals surface area contributed by atoms with Crippen molar-refractivity contribution in [3.8, 4) is 11.5 Å². The van der Waals surface area contributed by atoms with Crippen LogP contribution in [0.25, 0.3) is 0 Å². The molecule has 1 aliphatic rings. The Hall–Kier alpha value is -1.56. The molecule has 1 atom stereocenters. The first-order valence-corrected chi connectivity index (χ1v) is 6.20. The number of ether oxygens (including phenoxy) is 1. The van der Waals surface area contributed by atoms with Crippen LogP contribution in [0.4, 0.5) is 14.5 Å². The SMILES string of the molecule is CNc1ccc(ON[C@@H]2CCC(F)(F)C2)cc1OC. The molecule has 0 saturated heterocycles. The molecule has 0 aliphatic heterocycles. The van der Waals surface area contributed by atoms with Gasteiger partial charge in [0, 0.05) is 32.0 Å². The molecule has 0 radical (unpaired) electrons. The zero-order chi connectivity index (χ0) is 13.9. The van der Waals surface area contributed by atoms with E-state index in [9.17, 15) is 8.78 Å². The highest BCUT2D eigenvalue weighted by Crippen LogP contribution is 2.35. The quantitative estimate of drug-likeness (QED) is 0.809. The molecule has 0 unspecified atom stereocenters. The first-order chi connectivity index (χ1) is 9.04. The van der Waals surface area contributed by atoms with Gasteiger partial charge in [0.1, 0.15) is 5.75 Å². The third-order valence-electron chi connectivity index (χ3n) is 3.19. The fraction of sp³-hybridized carbons (Fsp3) is 0.538. The number of nitrogens with one attached hydrogen (secondary N) is 2. The number of hydrogen-bond acceptors (Lipinski definition) is 4. The molecule has 1 aromatic carbocycles. The first kappa shape index (κ1) is 13.9. The molecule has 0 amide bonds. The second-order valence-corrected chi connectivity index (χ2v) is 4.63. The summed E-state index contributed by atoms with van der Waals surface area (Å²) in [7, 11) is 3.35. The van der Waals surface area contributed by atoms with Crippen molar-refractivity contribution in [1.29, 1.82) is 0 Å². The van der Waals surface area contributed by atoms with Crippen LogP contribution >= 0.6 is 0 Å². The minimum Gasteiger partial charge on any atom is -0.494 e. The highest BCUT2D eigenvalue weighted by molar-refractivity contribution is 5.58. The summed E-state index contributed by atoms with van der Waals surface area (Å²) in [5, 5.41) is 2.98. The Kier molecular flexibility index (Phi) is 4.09. The molecule has 0 aromatic heterocycles. The summed E-state index contributed by atoms with van der Waals surface area (Å²) in [5.41, 5.74) is 3.52. The minimum absolute atomic E-state index is 0.0873. The van der Waals surface area contributed by atoms with Crippen LogP contribution in [0.3, 0.4) is 0 Å². The predicted octanol–water partition coefficient (Wildman–Crippen LogP) is 2.81. The summed E-state index contributed by atoms with van der Waals surface area (Å²) in [6.07, 6.45) is 0.146. The lowest BCUT2D eigenvalue weighted by atomic mass is 10.2. The molecule has 106 valence electrons. The minimum atomic E-state index is -2.57. The molecule has 0 spiro atoms. The van der Waals surface area contributed by atoms with Crippen LogP contribution in [-0.2, 0) is 0 Å². The summed E-state index contributed by atoms with van der Waals surface area (Å²) in [6, 6.07) is 4.93. The van der Waals surface area contributed by atoms with Gasteiger partial charge in [0.05, 0.1) is 12.8 Å². The van der Waals surface area contributed by atoms with Gasteiger partial charge in [-0.15, -0.1) is 0 Å². The molecule has 1 fully saturated rings. The Labute approximate surface area is 111 Å². The molecule has 0 heterocycles. The van der Waals surface area contributed by atoms with Crippen LogP contribution in [-0.4, -0.2) is 26.1 Å². The van der Waals surface area contributed by atoms with Crippen LogP contribution in [0.15, 0.2) is 18.2 Å². The maximum atomic E-state index is 13.0. The Morgan fingerprint density at radius 3 is 2.74 bits per heavy atom. The third-order valence-corrected chi connectivity index (χ3v) is 3.19. The summed E-state index contributed by atoms with van der Waals surface area (Å²) in [6.45, 7) is 0. The van der Waals surface area contributed by atoms with Gasteiger partial charge in [-0.05, 0) is 18.6 Å². The summed E-state index contributed by atoms with van der Waals surface area (Å²) in [5.74, 6) is -1.40. The van der Waals surface area contributed by atoms with Crippen LogP contribution in [0, 0.1) is 0 Å². The van der Waals surface area contributed by atoms with Crippen LogP contribution in [0.5, 0.6) is 11.5 Å². The molecule has 4 nitrogen and oxygen atoms in total. The van der Waals surface area contributed by atoms with Crippen LogP contribution < -0.4 is 20.4 Å². The lowest BCUT2D eigenvalue weighted by Crippen LogP contribution is -2.31. The number of hydroxylamine groups is 1. The molecule has 2 rings (SSSR count). The Balaban J connectivity index is 1.93. The van der Waals surface area contributed by atoms with Crippen molar-refractivity contribution in [3.63, 3.8) is 0 Å². The number of alkyl halides is 2. The molecular weight excluding hydrogens is 254 g/mol. The van der Waals surface area contributed by atoms with Crippen molar-refractivity contribution in [2.75, 3.05) is 19.5 Å². The molecule has 0 bridgehead atoms. The van der Waals surface area contributed by atoms with E-state index in [1.54, 1.807) is 32.4 Å². The predicted molar refractivity (Wildman–Crippen MR) is 68.9 cm³/mol. The second kappa shape index (κ2) is 5.61. The van der Waals surface area contributed by atoms with Crippen molar-refractivity contribution >= 4 is 5.69 Å². The van der Waals surface area contributed by atoms with Crippen molar-refractivity contribution in [3.05, 3.63) is 18.2 Å². The maximum absolute atomic E-state index is 13.0. The van der Waals surface area contributed by atoms with Gasteiger partial charge < -0.3 is 14.9 Å². The highest BCUT2D eigenvalue weighted by atomic mass is 19.3. The number of benzene rings is 1. The zero-order valence-electron chi connectivity index (χ0n) is 11.0. The Morgan fingerprint density at radius 2 is 2.16 bits per heavy atom. The average Bonchev–Trinajstić information content (AvgIpc) is 2.75. The number of anilines is 1. The molecule has 1 aromatic rings. The van der Waals surface area contributed by atoms with Crippen LogP contribution in [0.1, 0.15) is 19.3 Å². The standard InChI is InChI=1S/C13H18F2N2O2/c1-16-11-4-3-10(7-12(11)18-2)19-17-9-5-6-13(14,15)8-9/h3-4,7,9,16-17H,5-6,8H2,1-2H3/t9-/m1/s1. The topological polar surface area (TPSA) is 42.5 Å².